The van der Waals surface area contributed by atoms with Crippen molar-refractivity contribution in [2.45, 2.75) is 39.3 Å². The summed E-state index contributed by atoms with van der Waals surface area (Å²) in [5.41, 5.74) is 7.37. The first kappa shape index (κ1) is 14.5. The molecule has 0 unspecified atom stereocenters. The Hall–Kier alpha value is -1.88. The minimum atomic E-state index is -0.224. The van der Waals surface area contributed by atoms with E-state index < -0.39 is 0 Å². The number of nitrogens with zero attached hydrogens (tertiary/aromatic N) is 2. The van der Waals surface area contributed by atoms with Crippen LogP contribution in [0.2, 0.25) is 0 Å². The van der Waals surface area contributed by atoms with Crippen molar-refractivity contribution in [1.82, 2.24) is 15.1 Å². The van der Waals surface area contributed by atoms with Crippen molar-refractivity contribution < 1.29 is 4.79 Å². The SMILES string of the molecule is CCn1nc(CNCCCCC(N)=O)c2ccccc21. The lowest BCUT2D eigenvalue weighted by Crippen LogP contribution is -2.16. The van der Waals surface area contributed by atoms with Gasteiger partial charge in [0, 0.05) is 24.9 Å². The third kappa shape index (κ3) is 3.57. The van der Waals surface area contributed by atoms with Crippen LogP contribution >= 0.6 is 0 Å². The van der Waals surface area contributed by atoms with Gasteiger partial charge in [-0.15, -0.1) is 0 Å². The topological polar surface area (TPSA) is 72.9 Å². The number of nitrogens with two attached hydrogens (primary N) is 1. The highest BCUT2D eigenvalue weighted by atomic mass is 16.1. The first-order chi connectivity index (χ1) is 9.72. The molecule has 0 aliphatic rings. The van der Waals surface area contributed by atoms with E-state index in [4.69, 9.17) is 5.73 Å². The molecule has 5 heteroatoms. The third-order valence-corrected chi connectivity index (χ3v) is 3.35. The number of fused-ring (bicyclic) bond motifs is 1. The number of benzene rings is 1. The van der Waals surface area contributed by atoms with E-state index in [-0.39, 0.29) is 5.91 Å². The molecule has 1 aromatic heterocycles. The summed E-state index contributed by atoms with van der Waals surface area (Å²) in [6.45, 7) is 4.60. The number of aryl methyl sites for hydroxylation is 1. The van der Waals surface area contributed by atoms with Gasteiger partial charge >= 0.3 is 0 Å². The van der Waals surface area contributed by atoms with Gasteiger partial charge in [-0.25, -0.2) is 0 Å². The minimum Gasteiger partial charge on any atom is -0.370 e. The fraction of sp³-hybridized carbons (Fsp3) is 0.467. The summed E-state index contributed by atoms with van der Waals surface area (Å²) in [7, 11) is 0. The molecule has 0 saturated carbocycles. The molecular formula is C15H22N4O. The smallest absolute Gasteiger partial charge is 0.217 e. The second-order valence-electron chi connectivity index (χ2n) is 4.88. The number of carbonyl (C=O) groups is 1. The highest BCUT2D eigenvalue weighted by Crippen LogP contribution is 2.18. The van der Waals surface area contributed by atoms with E-state index in [1.807, 2.05) is 16.8 Å². The first-order valence-corrected chi connectivity index (χ1v) is 7.15. The molecular weight excluding hydrogens is 252 g/mol. The summed E-state index contributed by atoms with van der Waals surface area (Å²) >= 11 is 0. The number of para-hydroxylation sites is 1. The zero-order valence-electron chi connectivity index (χ0n) is 11.9. The van der Waals surface area contributed by atoms with E-state index in [1.54, 1.807) is 0 Å². The molecule has 1 aromatic carbocycles. The first-order valence-electron chi connectivity index (χ1n) is 7.15. The van der Waals surface area contributed by atoms with Gasteiger partial charge in [-0.3, -0.25) is 9.48 Å². The lowest BCUT2D eigenvalue weighted by molar-refractivity contribution is -0.118. The lowest BCUT2D eigenvalue weighted by Gasteiger charge is -2.02. The van der Waals surface area contributed by atoms with Crippen LogP contribution < -0.4 is 11.1 Å². The molecule has 1 amide bonds. The predicted octanol–water partition coefficient (Wildman–Crippen LogP) is 1.80. The van der Waals surface area contributed by atoms with Crippen molar-refractivity contribution in [1.29, 1.82) is 0 Å². The van der Waals surface area contributed by atoms with E-state index in [9.17, 15) is 4.79 Å². The number of nitrogens with one attached hydrogen (secondary N) is 1. The standard InChI is InChI=1S/C15H22N4O/c1-2-19-14-8-4-3-7-12(14)13(18-19)11-17-10-6-5-9-15(16)20/h3-4,7-8,17H,2,5-6,9-11H2,1H3,(H2,16,20). The molecule has 5 nitrogen and oxygen atoms in total. The van der Waals surface area contributed by atoms with Gasteiger partial charge in [0.15, 0.2) is 0 Å². The summed E-state index contributed by atoms with van der Waals surface area (Å²) < 4.78 is 2.03. The van der Waals surface area contributed by atoms with Gasteiger partial charge in [-0.2, -0.15) is 5.10 Å². The molecule has 0 atom stereocenters. The van der Waals surface area contributed by atoms with Crippen LogP contribution in [0, 0.1) is 0 Å². The molecule has 0 fully saturated rings. The molecule has 0 aliphatic heterocycles. The molecule has 0 bridgehead atoms. The van der Waals surface area contributed by atoms with E-state index >= 15 is 0 Å². The Bertz CT molecular complexity index is 576. The van der Waals surface area contributed by atoms with Gasteiger partial charge in [0.25, 0.3) is 0 Å². The Morgan fingerprint density at radius 1 is 1.35 bits per heavy atom. The summed E-state index contributed by atoms with van der Waals surface area (Å²) in [6.07, 6.45) is 2.26. The molecule has 0 radical (unpaired) electrons. The van der Waals surface area contributed by atoms with Crippen LogP contribution in [0.4, 0.5) is 0 Å². The Morgan fingerprint density at radius 2 is 2.15 bits per heavy atom. The maximum absolute atomic E-state index is 10.6. The molecule has 2 aromatic rings. The highest BCUT2D eigenvalue weighted by Gasteiger charge is 2.08. The molecule has 0 spiro atoms. The number of hydrogen-bond acceptors (Lipinski definition) is 3. The number of aromatic nitrogens is 2. The van der Waals surface area contributed by atoms with Crippen molar-refractivity contribution in [3.63, 3.8) is 0 Å². The van der Waals surface area contributed by atoms with Crippen LogP contribution in [0.25, 0.3) is 10.9 Å². The number of primary amides is 1. The maximum atomic E-state index is 10.6. The second-order valence-corrected chi connectivity index (χ2v) is 4.88. The van der Waals surface area contributed by atoms with E-state index in [0.29, 0.717) is 6.42 Å². The van der Waals surface area contributed by atoms with Crippen LogP contribution in [0.1, 0.15) is 31.9 Å². The molecule has 1 heterocycles. The van der Waals surface area contributed by atoms with Crippen LogP contribution in [0.5, 0.6) is 0 Å². The van der Waals surface area contributed by atoms with Crippen molar-refractivity contribution in [2.24, 2.45) is 5.73 Å². The number of carbonyl (C=O) groups excluding carboxylic acids is 1. The fourth-order valence-electron chi connectivity index (χ4n) is 2.32. The zero-order chi connectivity index (χ0) is 14.4. The molecule has 2 rings (SSSR count). The normalized spacial score (nSPS) is 11.1. The second kappa shape index (κ2) is 7.05. The van der Waals surface area contributed by atoms with Gasteiger partial charge in [0.1, 0.15) is 0 Å². The zero-order valence-corrected chi connectivity index (χ0v) is 11.9. The lowest BCUT2D eigenvalue weighted by atomic mass is 10.2. The average molecular weight is 274 g/mol. The monoisotopic (exact) mass is 274 g/mol. The van der Waals surface area contributed by atoms with Crippen LogP contribution in [0.15, 0.2) is 24.3 Å². The summed E-state index contributed by atoms with van der Waals surface area (Å²) in [5.74, 6) is -0.224. The number of amides is 1. The Balaban J connectivity index is 1.88. The third-order valence-electron chi connectivity index (χ3n) is 3.35. The molecule has 0 saturated heterocycles. The largest absolute Gasteiger partial charge is 0.370 e. The summed E-state index contributed by atoms with van der Waals surface area (Å²) in [6, 6.07) is 8.29. The van der Waals surface area contributed by atoms with Crippen LogP contribution in [0.3, 0.4) is 0 Å². The van der Waals surface area contributed by atoms with Crippen molar-refractivity contribution in [2.75, 3.05) is 6.54 Å². The Labute approximate surface area is 119 Å². The van der Waals surface area contributed by atoms with E-state index in [0.717, 1.165) is 38.2 Å². The van der Waals surface area contributed by atoms with Crippen LogP contribution in [-0.2, 0) is 17.9 Å². The Kier molecular flexibility index (Phi) is 5.12. The van der Waals surface area contributed by atoms with Crippen molar-refractivity contribution >= 4 is 16.8 Å². The van der Waals surface area contributed by atoms with Crippen molar-refractivity contribution in [3.8, 4) is 0 Å². The Morgan fingerprint density at radius 3 is 2.90 bits per heavy atom. The van der Waals surface area contributed by atoms with Gasteiger partial charge in [0.05, 0.1) is 11.2 Å². The maximum Gasteiger partial charge on any atom is 0.217 e. The molecule has 20 heavy (non-hydrogen) atoms. The van der Waals surface area contributed by atoms with E-state index in [2.05, 4.69) is 29.5 Å². The molecule has 3 N–H and O–H groups in total. The van der Waals surface area contributed by atoms with Gasteiger partial charge in [0.2, 0.25) is 5.91 Å². The predicted molar refractivity (Wildman–Crippen MR) is 80.2 cm³/mol. The minimum absolute atomic E-state index is 0.224. The van der Waals surface area contributed by atoms with Crippen molar-refractivity contribution in [3.05, 3.63) is 30.0 Å². The molecule has 0 aliphatic carbocycles. The van der Waals surface area contributed by atoms with Gasteiger partial charge < -0.3 is 11.1 Å². The number of unbranched alkanes of at least 4 members (excludes halogenated alkanes) is 1. The fourth-order valence-corrected chi connectivity index (χ4v) is 2.32. The van der Waals surface area contributed by atoms with E-state index in [1.165, 1.54) is 10.9 Å². The average Bonchev–Trinajstić information content (AvgIpc) is 2.81. The van der Waals surface area contributed by atoms with Gasteiger partial charge in [-0.1, -0.05) is 18.2 Å². The van der Waals surface area contributed by atoms with Gasteiger partial charge in [-0.05, 0) is 32.4 Å². The highest BCUT2D eigenvalue weighted by molar-refractivity contribution is 5.81. The molecule has 108 valence electrons. The quantitative estimate of drug-likeness (QED) is 0.721. The summed E-state index contributed by atoms with van der Waals surface area (Å²) in [5, 5.41) is 9.22. The van der Waals surface area contributed by atoms with Crippen LogP contribution in [-0.4, -0.2) is 22.2 Å². The number of rotatable bonds is 8. The summed E-state index contributed by atoms with van der Waals surface area (Å²) in [4.78, 5) is 10.6. The number of hydrogen-bond donors (Lipinski definition) is 2.